The fourth-order valence-electron chi connectivity index (χ4n) is 2.46. The highest BCUT2D eigenvalue weighted by atomic mass is 32.2. The molecule has 19 heavy (non-hydrogen) atoms. The van der Waals surface area contributed by atoms with E-state index >= 15 is 0 Å². The molecule has 1 unspecified atom stereocenters. The first-order valence-corrected chi connectivity index (χ1v) is 8.13. The van der Waals surface area contributed by atoms with Gasteiger partial charge in [-0.2, -0.15) is 11.8 Å². The second-order valence-electron chi connectivity index (χ2n) is 5.39. The number of thioether (sulfide) groups is 1. The number of carbonyl (C=O) groups is 2. The first kappa shape index (κ1) is 14.7. The summed E-state index contributed by atoms with van der Waals surface area (Å²) in [6.07, 6.45) is 0. The second kappa shape index (κ2) is 6.61. The molecule has 2 rings (SSSR count). The fraction of sp³-hybridized carbons (Fsp3) is 0.846. The standard InChI is InChI=1S/C13H23N3O2S/c1-10(2)12(17)15-4-6-16(7-5-15)13(18)11-9-19-8-3-14-11/h10-11,14H,3-9H2,1-2H3. The van der Waals surface area contributed by atoms with Crippen LogP contribution in [0.15, 0.2) is 0 Å². The molecule has 5 nitrogen and oxygen atoms in total. The summed E-state index contributed by atoms with van der Waals surface area (Å²) in [5.74, 6) is 2.38. The summed E-state index contributed by atoms with van der Waals surface area (Å²) in [5, 5.41) is 3.28. The number of hydrogen-bond donors (Lipinski definition) is 1. The van der Waals surface area contributed by atoms with Crippen LogP contribution in [0, 0.1) is 5.92 Å². The molecule has 6 heteroatoms. The maximum absolute atomic E-state index is 12.3. The molecule has 2 heterocycles. The molecule has 0 saturated carbocycles. The van der Waals surface area contributed by atoms with Gasteiger partial charge in [-0.05, 0) is 0 Å². The molecule has 1 N–H and O–H groups in total. The van der Waals surface area contributed by atoms with E-state index in [0.717, 1.165) is 18.1 Å². The Morgan fingerprint density at radius 1 is 1.16 bits per heavy atom. The zero-order chi connectivity index (χ0) is 13.8. The Kier molecular flexibility index (Phi) is 5.10. The highest BCUT2D eigenvalue weighted by Crippen LogP contribution is 2.12. The van der Waals surface area contributed by atoms with Gasteiger partial charge in [0.1, 0.15) is 0 Å². The van der Waals surface area contributed by atoms with Crippen LogP contribution in [0.3, 0.4) is 0 Å². The molecule has 1 atom stereocenters. The van der Waals surface area contributed by atoms with Gasteiger partial charge in [0, 0.05) is 50.1 Å². The number of nitrogens with one attached hydrogen (secondary N) is 1. The van der Waals surface area contributed by atoms with Crippen molar-refractivity contribution in [2.24, 2.45) is 5.92 Å². The van der Waals surface area contributed by atoms with Gasteiger partial charge in [-0.25, -0.2) is 0 Å². The van der Waals surface area contributed by atoms with Crippen LogP contribution in [0.5, 0.6) is 0 Å². The molecular weight excluding hydrogens is 262 g/mol. The molecule has 0 aromatic carbocycles. The van der Waals surface area contributed by atoms with Crippen LogP contribution in [-0.4, -0.2) is 71.9 Å². The monoisotopic (exact) mass is 285 g/mol. The number of rotatable bonds is 2. The van der Waals surface area contributed by atoms with E-state index in [1.807, 2.05) is 35.4 Å². The lowest BCUT2D eigenvalue weighted by molar-refractivity contribution is -0.142. The Hall–Kier alpha value is -0.750. The number of amides is 2. The summed E-state index contributed by atoms with van der Waals surface area (Å²) in [4.78, 5) is 28.0. The van der Waals surface area contributed by atoms with E-state index in [1.54, 1.807) is 0 Å². The van der Waals surface area contributed by atoms with Gasteiger partial charge in [0.25, 0.3) is 0 Å². The molecule has 0 aromatic heterocycles. The van der Waals surface area contributed by atoms with Crippen LogP contribution in [-0.2, 0) is 9.59 Å². The van der Waals surface area contributed by atoms with Crippen LogP contribution >= 0.6 is 11.8 Å². The van der Waals surface area contributed by atoms with E-state index in [4.69, 9.17) is 0 Å². The van der Waals surface area contributed by atoms with E-state index in [0.29, 0.717) is 26.2 Å². The Balaban J connectivity index is 1.82. The summed E-state index contributed by atoms with van der Waals surface area (Å²) in [6.45, 7) is 7.42. The minimum atomic E-state index is -0.0360. The van der Waals surface area contributed by atoms with Gasteiger partial charge in [0.2, 0.25) is 11.8 Å². The van der Waals surface area contributed by atoms with Gasteiger partial charge in [0.05, 0.1) is 6.04 Å². The molecular formula is C13H23N3O2S. The van der Waals surface area contributed by atoms with Crippen molar-refractivity contribution in [2.75, 3.05) is 44.2 Å². The van der Waals surface area contributed by atoms with Crippen molar-refractivity contribution in [3.63, 3.8) is 0 Å². The van der Waals surface area contributed by atoms with Crippen LogP contribution in [0.4, 0.5) is 0 Å². The lowest BCUT2D eigenvalue weighted by Crippen LogP contribution is -2.57. The van der Waals surface area contributed by atoms with Crippen molar-refractivity contribution < 1.29 is 9.59 Å². The van der Waals surface area contributed by atoms with Gasteiger partial charge in [-0.3, -0.25) is 9.59 Å². The normalized spacial score (nSPS) is 24.7. The first-order chi connectivity index (χ1) is 9.09. The van der Waals surface area contributed by atoms with Crippen molar-refractivity contribution in [1.82, 2.24) is 15.1 Å². The molecule has 2 amide bonds. The number of hydrogen-bond acceptors (Lipinski definition) is 4. The second-order valence-corrected chi connectivity index (χ2v) is 6.54. The zero-order valence-electron chi connectivity index (χ0n) is 11.7. The molecule has 0 aliphatic carbocycles. The Morgan fingerprint density at radius 3 is 2.32 bits per heavy atom. The topological polar surface area (TPSA) is 52.7 Å². The van der Waals surface area contributed by atoms with Crippen LogP contribution in [0.2, 0.25) is 0 Å². The van der Waals surface area contributed by atoms with E-state index in [2.05, 4.69) is 5.32 Å². The largest absolute Gasteiger partial charge is 0.339 e. The lowest BCUT2D eigenvalue weighted by atomic mass is 10.1. The van der Waals surface area contributed by atoms with E-state index < -0.39 is 0 Å². The van der Waals surface area contributed by atoms with Gasteiger partial charge < -0.3 is 15.1 Å². The van der Waals surface area contributed by atoms with Crippen molar-refractivity contribution in [2.45, 2.75) is 19.9 Å². The highest BCUT2D eigenvalue weighted by Gasteiger charge is 2.30. The molecule has 0 spiro atoms. The molecule has 108 valence electrons. The van der Waals surface area contributed by atoms with Crippen molar-refractivity contribution in [1.29, 1.82) is 0 Å². The van der Waals surface area contributed by atoms with Crippen LogP contribution in [0.25, 0.3) is 0 Å². The summed E-state index contributed by atoms with van der Waals surface area (Å²) >= 11 is 1.83. The quantitative estimate of drug-likeness (QED) is 0.777. The van der Waals surface area contributed by atoms with Gasteiger partial charge in [0.15, 0.2) is 0 Å². The number of piperazine rings is 1. The predicted octanol–water partition coefficient (Wildman–Crippen LogP) is 0.0182. The van der Waals surface area contributed by atoms with E-state index in [-0.39, 0.29) is 23.8 Å². The Labute approximate surface area is 119 Å². The van der Waals surface area contributed by atoms with E-state index in [9.17, 15) is 9.59 Å². The minimum absolute atomic E-state index is 0.0360. The summed E-state index contributed by atoms with van der Waals surface area (Å²) in [7, 11) is 0. The molecule has 0 bridgehead atoms. The molecule has 0 radical (unpaired) electrons. The number of carbonyl (C=O) groups excluding carboxylic acids is 2. The number of nitrogens with zero attached hydrogens (tertiary/aromatic N) is 2. The molecule has 2 aliphatic rings. The van der Waals surface area contributed by atoms with Crippen molar-refractivity contribution in [3.05, 3.63) is 0 Å². The third-order valence-electron chi connectivity index (χ3n) is 3.62. The maximum atomic E-state index is 12.3. The summed E-state index contributed by atoms with van der Waals surface area (Å²) in [6, 6.07) is -0.0360. The Bertz CT molecular complexity index is 335. The summed E-state index contributed by atoms with van der Waals surface area (Å²) in [5.41, 5.74) is 0. The molecule has 2 fully saturated rings. The predicted molar refractivity (Wildman–Crippen MR) is 77.1 cm³/mol. The lowest BCUT2D eigenvalue weighted by Gasteiger charge is -2.37. The first-order valence-electron chi connectivity index (χ1n) is 6.98. The van der Waals surface area contributed by atoms with Crippen molar-refractivity contribution in [3.8, 4) is 0 Å². The van der Waals surface area contributed by atoms with Crippen molar-refractivity contribution >= 4 is 23.6 Å². The summed E-state index contributed by atoms with van der Waals surface area (Å²) < 4.78 is 0. The van der Waals surface area contributed by atoms with Crippen LogP contribution < -0.4 is 5.32 Å². The van der Waals surface area contributed by atoms with Gasteiger partial charge in [-0.1, -0.05) is 13.8 Å². The zero-order valence-corrected chi connectivity index (χ0v) is 12.5. The average Bonchev–Trinajstić information content (AvgIpc) is 2.46. The molecule has 2 saturated heterocycles. The highest BCUT2D eigenvalue weighted by molar-refractivity contribution is 7.99. The fourth-order valence-corrected chi connectivity index (χ4v) is 3.38. The van der Waals surface area contributed by atoms with Crippen LogP contribution in [0.1, 0.15) is 13.8 Å². The Morgan fingerprint density at radius 2 is 1.79 bits per heavy atom. The van der Waals surface area contributed by atoms with Gasteiger partial charge >= 0.3 is 0 Å². The average molecular weight is 285 g/mol. The third kappa shape index (κ3) is 3.63. The SMILES string of the molecule is CC(C)C(=O)N1CCN(C(=O)C2CSCCN2)CC1. The molecule has 2 aliphatic heterocycles. The molecule has 0 aromatic rings. The third-order valence-corrected chi connectivity index (χ3v) is 4.68. The minimum Gasteiger partial charge on any atom is -0.339 e. The van der Waals surface area contributed by atoms with E-state index in [1.165, 1.54) is 0 Å². The maximum Gasteiger partial charge on any atom is 0.240 e. The smallest absolute Gasteiger partial charge is 0.240 e. The van der Waals surface area contributed by atoms with Gasteiger partial charge in [-0.15, -0.1) is 0 Å².